The lowest BCUT2D eigenvalue weighted by Gasteiger charge is -2.40. The lowest BCUT2D eigenvalue weighted by atomic mass is 9.66. The van der Waals surface area contributed by atoms with Crippen molar-refractivity contribution in [2.24, 2.45) is 17.8 Å². The quantitative estimate of drug-likeness (QED) is 0.672. The van der Waals surface area contributed by atoms with Crippen LogP contribution in [0.3, 0.4) is 0 Å². The fourth-order valence-corrected chi connectivity index (χ4v) is 4.84. The molecule has 3 rings (SSSR count). The zero-order chi connectivity index (χ0) is 14.7. The number of halogens is 1. The summed E-state index contributed by atoms with van der Waals surface area (Å²) in [6.07, 6.45) is 10.9. The first-order chi connectivity index (χ1) is 10.3. The predicted molar refractivity (Wildman–Crippen MR) is 89.1 cm³/mol. The molecular weight excluding hydrogens is 280 g/mol. The van der Waals surface area contributed by atoms with Crippen molar-refractivity contribution < 1.29 is 4.74 Å². The molecule has 0 spiro atoms. The van der Waals surface area contributed by atoms with Crippen LogP contribution in [-0.4, -0.2) is 12.5 Å². The summed E-state index contributed by atoms with van der Waals surface area (Å²) in [5, 5.41) is 0.278. The third-order valence-electron chi connectivity index (χ3n) is 5.66. The Hall–Kier alpha value is -0.690. The smallest absolute Gasteiger partial charge is 0.119 e. The van der Waals surface area contributed by atoms with E-state index in [1.165, 1.54) is 50.5 Å². The van der Waals surface area contributed by atoms with Gasteiger partial charge in [0.1, 0.15) is 5.75 Å². The summed E-state index contributed by atoms with van der Waals surface area (Å²) in [4.78, 5) is 0. The number of ether oxygens (including phenoxy) is 1. The van der Waals surface area contributed by atoms with Crippen molar-refractivity contribution in [3.05, 3.63) is 29.8 Å². The Morgan fingerprint density at radius 2 is 1.95 bits per heavy atom. The molecule has 0 heterocycles. The molecule has 2 aliphatic rings. The third-order valence-corrected chi connectivity index (χ3v) is 6.17. The number of fused-ring (bicyclic) bond motifs is 1. The molecule has 0 N–H and O–H groups in total. The second kappa shape index (κ2) is 7.05. The second-order valence-electron chi connectivity index (χ2n) is 6.95. The highest BCUT2D eigenvalue weighted by Gasteiger charge is 2.34. The van der Waals surface area contributed by atoms with Gasteiger partial charge in [0.05, 0.1) is 7.11 Å². The van der Waals surface area contributed by atoms with Gasteiger partial charge in [0.25, 0.3) is 0 Å². The molecule has 116 valence electrons. The Balaban J connectivity index is 1.58. The third kappa shape index (κ3) is 3.74. The number of hydrogen-bond acceptors (Lipinski definition) is 1. The Bertz CT molecular complexity index is 459. The molecule has 0 bridgehead atoms. The van der Waals surface area contributed by atoms with Crippen molar-refractivity contribution in [3.8, 4) is 5.75 Å². The van der Waals surface area contributed by atoms with Crippen LogP contribution in [0, 0.1) is 17.8 Å². The molecular formula is C19H27ClO. The van der Waals surface area contributed by atoms with Gasteiger partial charge in [-0.05, 0) is 61.1 Å². The molecule has 1 aromatic rings. The molecule has 1 aromatic carbocycles. The minimum absolute atomic E-state index is 0.278. The van der Waals surface area contributed by atoms with Gasteiger partial charge in [-0.1, -0.05) is 37.8 Å². The van der Waals surface area contributed by atoms with Crippen LogP contribution in [-0.2, 0) is 6.42 Å². The van der Waals surface area contributed by atoms with E-state index in [-0.39, 0.29) is 5.38 Å². The van der Waals surface area contributed by atoms with Gasteiger partial charge in [0.2, 0.25) is 0 Å². The summed E-state index contributed by atoms with van der Waals surface area (Å²) in [5.74, 6) is 3.62. The monoisotopic (exact) mass is 306 g/mol. The number of methoxy groups -OCH3 is 1. The molecule has 0 saturated heterocycles. The maximum absolute atomic E-state index is 6.78. The maximum atomic E-state index is 6.78. The Kier molecular flexibility index (Phi) is 5.11. The zero-order valence-corrected chi connectivity index (χ0v) is 13.8. The molecule has 0 aromatic heterocycles. The van der Waals surface area contributed by atoms with Gasteiger partial charge in [-0.3, -0.25) is 0 Å². The molecule has 0 radical (unpaired) electrons. The van der Waals surface area contributed by atoms with Gasteiger partial charge < -0.3 is 4.74 Å². The minimum atomic E-state index is 0.278. The van der Waals surface area contributed by atoms with Crippen LogP contribution in [0.2, 0.25) is 0 Å². The molecule has 2 fully saturated rings. The first-order valence-electron chi connectivity index (χ1n) is 8.53. The van der Waals surface area contributed by atoms with Gasteiger partial charge in [-0.25, -0.2) is 0 Å². The van der Waals surface area contributed by atoms with Crippen LogP contribution < -0.4 is 4.74 Å². The first-order valence-corrected chi connectivity index (χ1v) is 8.97. The summed E-state index contributed by atoms with van der Waals surface area (Å²) in [5.41, 5.74) is 1.31. The van der Waals surface area contributed by atoms with E-state index in [0.717, 1.165) is 24.0 Å². The molecule has 1 nitrogen and oxygen atoms in total. The minimum Gasteiger partial charge on any atom is -0.497 e. The standard InChI is InChI=1S/C19H27ClO/c1-21-18-8-4-5-14(11-18)12-19(20)17-10-9-15-6-2-3-7-16(15)13-17/h4-5,8,11,15-17,19H,2-3,6-7,9-10,12-13H2,1H3. The summed E-state index contributed by atoms with van der Waals surface area (Å²) < 4.78 is 5.31. The number of rotatable bonds is 4. The molecule has 4 atom stereocenters. The van der Waals surface area contributed by atoms with Crippen LogP contribution in [0.25, 0.3) is 0 Å². The SMILES string of the molecule is COc1cccc(CC(Cl)C2CCC3CCCCC3C2)c1. The van der Waals surface area contributed by atoms with E-state index in [1.807, 2.05) is 6.07 Å². The van der Waals surface area contributed by atoms with E-state index in [1.54, 1.807) is 7.11 Å². The van der Waals surface area contributed by atoms with E-state index >= 15 is 0 Å². The van der Waals surface area contributed by atoms with Crippen LogP contribution >= 0.6 is 11.6 Å². The van der Waals surface area contributed by atoms with Crippen LogP contribution in [0.1, 0.15) is 50.5 Å². The first kappa shape index (κ1) is 15.2. The van der Waals surface area contributed by atoms with E-state index in [2.05, 4.69) is 18.2 Å². The van der Waals surface area contributed by atoms with Crippen molar-refractivity contribution in [2.75, 3.05) is 7.11 Å². The van der Waals surface area contributed by atoms with Gasteiger partial charge in [-0.15, -0.1) is 11.6 Å². The van der Waals surface area contributed by atoms with Crippen molar-refractivity contribution >= 4 is 11.6 Å². The lowest BCUT2D eigenvalue weighted by molar-refractivity contribution is 0.127. The van der Waals surface area contributed by atoms with E-state index in [0.29, 0.717) is 5.92 Å². The zero-order valence-electron chi connectivity index (χ0n) is 13.1. The van der Waals surface area contributed by atoms with Crippen molar-refractivity contribution in [1.29, 1.82) is 0 Å². The highest BCUT2D eigenvalue weighted by Crippen LogP contribution is 2.44. The largest absolute Gasteiger partial charge is 0.497 e. The second-order valence-corrected chi connectivity index (χ2v) is 7.51. The fourth-order valence-electron chi connectivity index (χ4n) is 4.43. The molecule has 2 heteroatoms. The summed E-state index contributed by atoms with van der Waals surface area (Å²) in [7, 11) is 1.72. The fraction of sp³-hybridized carbons (Fsp3) is 0.684. The molecule has 2 aliphatic carbocycles. The van der Waals surface area contributed by atoms with Gasteiger partial charge in [-0.2, -0.15) is 0 Å². The predicted octanol–water partition coefficient (Wildman–Crippen LogP) is 5.45. The number of hydrogen-bond donors (Lipinski definition) is 0. The van der Waals surface area contributed by atoms with E-state index in [9.17, 15) is 0 Å². The molecule has 4 unspecified atom stereocenters. The van der Waals surface area contributed by atoms with E-state index in [4.69, 9.17) is 16.3 Å². The average Bonchev–Trinajstić information content (AvgIpc) is 2.54. The van der Waals surface area contributed by atoms with E-state index < -0.39 is 0 Å². The van der Waals surface area contributed by atoms with Gasteiger partial charge >= 0.3 is 0 Å². The van der Waals surface area contributed by atoms with Crippen molar-refractivity contribution in [1.82, 2.24) is 0 Å². The van der Waals surface area contributed by atoms with Gasteiger partial charge in [0.15, 0.2) is 0 Å². The maximum Gasteiger partial charge on any atom is 0.119 e. The average molecular weight is 307 g/mol. The van der Waals surface area contributed by atoms with Crippen LogP contribution in [0.5, 0.6) is 5.75 Å². The highest BCUT2D eigenvalue weighted by molar-refractivity contribution is 6.20. The lowest BCUT2D eigenvalue weighted by Crippen LogP contribution is -2.32. The molecule has 2 saturated carbocycles. The normalized spacial score (nSPS) is 30.5. The molecule has 0 aliphatic heterocycles. The van der Waals surface area contributed by atoms with Gasteiger partial charge in [0, 0.05) is 5.38 Å². The Morgan fingerprint density at radius 3 is 2.76 bits per heavy atom. The number of benzene rings is 1. The number of alkyl halides is 1. The topological polar surface area (TPSA) is 9.23 Å². The summed E-state index contributed by atoms with van der Waals surface area (Å²) in [6, 6.07) is 8.36. The highest BCUT2D eigenvalue weighted by atomic mass is 35.5. The van der Waals surface area contributed by atoms with Crippen molar-refractivity contribution in [2.45, 2.75) is 56.7 Å². The van der Waals surface area contributed by atoms with Crippen LogP contribution in [0.4, 0.5) is 0 Å². The molecule has 0 amide bonds. The van der Waals surface area contributed by atoms with Crippen molar-refractivity contribution in [3.63, 3.8) is 0 Å². The van der Waals surface area contributed by atoms with Crippen LogP contribution in [0.15, 0.2) is 24.3 Å². The molecule has 21 heavy (non-hydrogen) atoms. The Labute approximate surface area is 134 Å². The Morgan fingerprint density at radius 1 is 1.14 bits per heavy atom. The summed E-state index contributed by atoms with van der Waals surface area (Å²) in [6.45, 7) is 0. The summed E-state index contributed by atoms with van der Waals surface area (Å²) >= 11 is 6.78.